The van der Waals surface area contributed by atoms with Crippen molar-refractivity contribution in [1.29, 1.82) is 0 Å². The van der Waals surface area contributed by atoms with E-state index in [1.807, 2.05) is 52.8 Å². The maximum Gasteiger partial charge on any atom is 0.491 e. The van der Waals surface area contributed by atoms with E-state index >= 15 is 0 Å². The summed E-state index contributed by atoms with van der Waals surface area (Å²) in [5.41, 5.74) is 2.09. The molecule has 1 aliphatic rings. The highest BCUT2D eigenvalue weighted by Gasteiger charge is 2.52. The molecule has 4 nitrogen and oxygen atoms in total. The third kappa shape index (κ3) is 4.46. The second kappa shape index (κ2) is 6.79. The Kier molecular flexibility index (Phi) is 5.39. The SMILES string of the molecule is CC(=O)SCC(=Cc1cc(C)ccn1)B1OC(C)(C)C(C)(C)O1. The van der Waals surface area contributed by atoms with Crippen LogP contribution in [0.15, 0.2) is 23.8 Å². The normalized spacial score (nSPS) is 19.9. The molecule has 1 saturated heterocycles. The predicted octanol–water partition coefficient (Wildman–Crippen LogP) is 3.68. The van der Waals surface area contributed by atoms with Gasteiger partial charge in [0.25, 0.3) is 0 Å². The third-order valence-electron chi connectivity index (χ3n) is 4.27. The van der Waals surface area contributed by atoms with Crippen molar-refractivity contribution in [3.05, 3.63) is 35.1 Å². The Balaban J connectivity index is 2.30. The summed E-state index contributed by atoms with van der Waals surface area (Å²) in [6, 6.07) is 3.96. The van der Waals surface area contributed by atoms with Crippen molar-refractivity contribution in [2.45, 2.75) is 52.7 Å². The van der Waals surface area contributed by atoms with Crippen LogP contribution in [0, 0.1) is 6.92 Å². The van der Waals surface area contributed by atoms with Gasteiger partial charge in [0.2, 0.25) is 0 Å². The van der Waals surface area contributed by atoms with Crippen LogP contribution in [0.25, 0.3) is 6.08 Å². The van der Waals surface area contributed by atoms with Crippen LogP contribution in [-0.4, -0.2) is 34.2 Å². The molecule has 1 aromatic rings. The number of pyridine rings is 1. The van der Waals surface area contributed by atoms with E-state index in [2.05, 4.69) is 4.98 Å². The van der Waals surface area contributed by atoms with Crippen LogP contribution in [0.1, 0.15) is 45.9 Å². The molecule has 1 aromatic heterocycles. The molecule has 124 valence electrons. The van der Waals surface area contributed by atoms with Gasteiger partial charge in [0.1, 0.15) is 0 Å². The predicted molar refractivity (Wildman–Crippen MR) is 96.2 cm³/mol. The average Bonchev–Trinajstić information content (AvgIpc) is 2.63. The van der Waals surface area contributed by atoms with Crippen LogP contribution in [0.4, 0.5) is 0 Å². The van der Waals surface area contributed by atoms with Crippen molar-refractivity contribution in [1.82, 2.24) is 4.98 Å². The molecule has 0 aliphatic carbocycles. The second-order valence-corrected chi connectivity index (χ2v) is 8.00. The number of hydrogen-bond donors (Lipinski definition) is 0. The maximum absolute atomic E-state index is 11.4. The number of carbonyl (C=O) groups excluding carboxylic acids is 1. The highest BCUT2D eigenvalue weighted by Crippen LogP contribution is 2.39. The Morgan fingerprint density at radius 3 is 2.43 bits per heavy atom. The Morgan fingerprint density at radius 2 is 1.91 bits per heavy atom. The summed E-state index contributed by atoms with van der Waals surface area (Å²) in [4.78, 5) is 15.7. The number of hydrogen-bond acceptors (Lipinski definition) is 5. The van der Waals surface area contributed by atoms with Gasteiger partial charge < -0.3 is 9.31 Å². The minimum Gasteiger partial charge on any atom is -0.400 e. The number of aryl methyl sites for hydroxylation is 1. The lowest BCUT2D eigenvalue weighted by Gasteiger charge is -2.32. The minimum atomic E-state index is -0.464. The Bertz CT molecular complexity index is 612. The number of rotatable bonds is 4. The van der Waals surface area contributed by atoms with E-state index in [1.54, 1.807) is 13.1 Å². The summed E-state index contributed by atoms with van der Waals surface area (Å²) in [5, 5.41) is 0.0737. The number of aromatic nitrogens is 1. The van der Waals surface area contributed by atoms with Gasteiger partial charge in [-0.3, -0.25) is 9.78 Å². The average molecular weight is 333 g/mol. The van der Waals surface area contributed by atoms with Gasteiger partial charge in [-0.25, -0.2) is 0 Å². The molecule has 0 spiro atoms. The zero-order valence-electron chi connectivity index (χ0n) is 14.7. The molecule has 2 heterocycles. The fourth-order valence-electron chi connectivity index (χ4n) is 2.19. The van der Waals surface area contributed by atoms with Gasteiger partial charge in [-0.2, -0.15) is 0 Å². The lowest BCUT2D eigenvalue weighted by Crippen LogP contribution is -2.41. The van der Waals surface area contributed by atoms with Crippen molar-refractivity contribution in [2.75, 3.05) is 5.75 Å². The van der Waals surface area contributed by atoms with E-state index in [0.717, 1.165) is 16.7 Å². The monoisotopic (exact) mass is 333 g/mol. The molecule has 0 atom stereocenters. The Labute approximate surface area is 143 Å². The molecule has 0 amide bonds. The van der Waals surface area contributed by atoms with Gasteiger partial charge in [-0.1, -0.05) is 11.8 Å². The van der Waals surface area contributed by atoms with Gasteiger partial charge in [-0.15, -0.1) is 0 Å². The van der Waals surface area contributed by atoms with E-state index in [0.29, 0.717) is 5.75 Å². The van der Waals surface area contributed by atoms with Gasteiger partial charge >= 0.3 is 7.12 Å². The van der Waals surface area contributed by atoms with Crippen LogP contribution in [0.3, 0.4) is 0 Å². The Hall–Kier alpha value is -1.11. The minimum absolute atomic E-state index is 0.0737. The molecule has 0 aromatic carbocycles. The first-order chi connectivity index (χ1) is 10.6. The van der Waals surface area contributed by atoms with Crippen LogP contribution < -0.4 is 0 Å². The largest absolute Gasteiger partial charge is 0.491 e. The fourth-order valence-corrected chi connectivity index (χ4v) is 2.77. The lowest BCUT2D eigenvalue weighted by molar-refractivity contribution is -0.109. The standard InChI is InChI=1S/C17H24BNO3S/c1-12-7-8-19-15(9-12)10-14(11-23-13(2)20)18-21-16(3,4)17(5,6)22-18/h7-10H,11H2,1-6H3. The van der Waals surface area contributed by atoms with Crippen molar-refractivity contribution in [2.24, 2.45) is 0 Å². The summed E-state index contributed by atoms with van der Waals surface area (Å²) < 4.78 is 12.2. The molecule has 0 radical (unpaired) electrons. The summed E-state index contributed by atoms with van der Waals surface area (Å²) >= 11 is 1.25. The number of nitrogens with zero attached hydrogens (tertiary/aromatic N) is 1. The quantitative estimate of drug-likeness (QED) is 0.787. The van der Waals surface area contributed by atoms with Crippen LogP contribution in [-0.2, 0) is 14.1 Å². The van der Waals surface area contributed by atoms with Crippen LogP contribution >= 0.6 is 11.8 Å². The van der Waals surface area contributed by atoms with Gasteiger partial charge in [0, 0.05) is 18.9 Å². The third-order valence-corrected chi connectivity index (χ3v) is 5.15. The molecule has 0 bridgehead atoms. The molecule has 0 unspecified atom stereocenters. The molecule has 0 saturated carbocycles. The number of carbonyl (C=O) groups is 1. The van der Waals surface area contributed by atoms with Crippen molar-refractivity contribution in [3.8, 4) is 0 Å². The fraction of sp³-hybridized carbons (Fsp3) is 0.529. The topological polar surface area (TPSA) is 48.4 Å². The van der Waals surface area contributed by atoms with Crippen LogP contribution in [0.2, 0.25) is 0 Å². The van der Waals surface area contributed by atoms with Gasteiger partial charge in [-0.05, 0) is 63.9 Å². The summed E-state index contributed by atoms with van der Waals surface area (Å²) in [6.45, 7) is 11.7. The summed E-state index contributed by atoms with van der Waals surface area (Å²) in [5.74, 6) is 0.530. The van der Waals surface area contributed by atoms with E-state index in [-0.39, 0.29) is 5.12 Å². The molecule has 0 N–H and O–H groups in total. The first kappa shape index (κ1) is 18.2. The zero-order chi connectivity index (χ0) is 17.3. The van der Waals surface area contributed by atoms with E-state index in [4.69, 9.17) is 9.31 Å². The van der Waals surface area contributed by atoms with Gasteiger partial charge in [0.15, 0.2) is 5.12 Å². The molecular formula is C17H24BNO3S. The van der Waals surface area contributed by atoms with Crippen molar-refractivity contribution >= 4 is 30.1 Å². The van der Waals surface area contributed by atoms with Crippen molar-refractivity contribution < 1.29 is 14.1 Å². The molecule has 1 fully saturated rings. The van der Waals surface area contributed by atoms with E-state index in [1.165, 1.54) is 11.8 Å². The smallest absolute Gasteiger partial charge is 0.400 e. The lowest BCUT2D eigenvalue weighted by atomic mass is 9.78. The van der Waals surface area contributed by atoms with Crippen LogP contribution in [0.5, 0.6) is 0 Å². The van der Waals surface area contributed by atoms with Crippen molar-refractivity contribution in [3.63, 3.8) is 0 Å². The second-order valence-electron chi connectivity index (χ2n) is 6.85. The van der Waals surface area contributed by atoms with E-state index in [9.17, 15) is 4.79 Å². The molecule has 6 heteroatoms. The first-order valence-electron chi connectivity index (χ1n) is 7.73. The Morgan fingerprint density at radius 1 is 1.30 bits per heavy atom. The van der Waals surface area contributed by atoms with E-state index < -0.39 is 18.3 Å². The highest BCUT2D eigenvalue weighted by atomic mass is 32.2. The molecule has 23 heavy (non-hydrogen) atoms. The molecule has 2 rings (SSSR count). The van der Waals surface area contributed by atoms with Gasteiger partial charge in [0.05, 0.1) is 16.9 Å². The summed E-state index contributed by atoms with van der Waals surface area (Å²) in [7, 11) is -0.464. The molecule has 1 aliphatic heterocycles. The maximum atomic E-state index is 11.4. The highest BCUT2D eigenvalue weighted by molar-refractivity contribution is 8.13. The first-order valence-corrected chi connectivity index (χ1v) is 8.71. The summed E-state index contributed by atoms with van der Waals surface area (Å²) in [6.07, 6.45) is 3.74. The zero-order valence-corrected chi connectivity index (χ0v) is 15.5. The molecular weight excluding hydrogens is 309 g/mol. The number of thioether (sulfide) groups is 1.